The van der Waals surface area contributed by atoms with Crippen LogP contribution in [0.3, 0.4) is 0 Å². The lowest BCUT2D eigenvalue weighted by Crippen LogP contribution is -2.34. The molecule has 0 bridgehead atoms. The maximum absolute atomic E-state index is 8.71. The van der Waals surface area contributed by atoms with E-state index >= 15 is 0 Å². The second-order valence-electron chi connectivity index (χ2n) is 6.24. The lowest BCUT2D eigenvalue weighted by atomic mass is 9.92. The first-order valence-corrected chi connectivity index (χ1v) is 9.00. The maximum atomic E-state index is 8.71. The summed E-state index contributed by atoms with van der Waals surface area (Å²) in [5.41, 5.74) is 3.00. The van der Waals surface area contributed by atoms with Gasteiger partial charge >= 0.3 is 0 Å². The van der Waals surface area contributed by atoms with Gasteiger partial charge in [-0.1, -0.05) is 18.1 Å². The van der Waals surface area contributed by atoms with Gasteiger partial charge in [0.15, 0.2) is 0 Å². The highest BCUT2D eigenvalue weighted by molar-refractivity contribution is 7.50. The summed E-state index contributed by atoms with van der Waals surface area (Å²) in [7, 11) is -0.626. The van der Waals surface area contributed by atoms with Crippen molar-refractivity contribution in [1.29, 1.82) is 5.26 Å². The van der Waals surface area contributed by atoms with Crippen LogP contribution < -0.4 is 0 Å². The van der Waals surface area contributed by atoms with Crippen molar-refractivity contribution in [3.05, 3.63) is 11.1 Å². The van der Waals surface area contributed by atoms with Gasteiger partial charge in [-0.25, -0.2) is 0 Å². The van der Waals surface area contributed by atoms with Crippen molar-refractivity contribution in [2.24, 2.45) is 5.92 Å². The van der Waals surface area contributed by atoms with Crippen molar-refractivity contribution in [2.45, 2.75) is 66.5 Å². The SMILES string of the molecule is CC(C)=C1CP(OCCC#N)N(C(C)C)C(C)CC1C. The predicted molar refractivity (Wildman–Crippen MR) is 86.6 cm³/mol. The van der Waals surface area contributed by atoms with Gasteiger partial charge in [0.05, 0.1) is 19.1 Å². The Bertz CT molecular complexity index is 382. The predicted octanol–water partition coefficient (Wildman–Crippen LogP) is 4.70. The van der Waals surface area contributed by atoms with Gasteiger partial charge in [-0.3, -0.25) is 4.67 Å². The average Bonchev–Trinajstić information content (AvgIpc) is 2.45. The van der Waals surface area contributed by atoms with Crippen molar-refractivity contribution >= 4 is 8.30 Å². The van der Waals surface area contributed by atoms with Gasteiger partial charge in [-0.05, 0) is 47.0 Å². The van der Waals surface area contributed by atoms with Crippen LogP contribution in [-0.4, -0.2) is 29.5 Å². The van der Waals surface area contributed by atoms with E-state index in [9.17, 15) is 0 Å². The number of rotatable bonds is 4. The third kappa shape index (κ3) is 4.55. The number of nitriles is 1. The molecule has 114 valence electrons. The molecule has 0 amide bonds. The largest absolute Gasteiger partial charge is 0.342 e. The molecule has 3 atom stereocenters. The molecule has 0 radical (unpaired) electrons. The Hall–Kier alpha value is -0.420. The second-order valence-corrected chi connectivity index (χ2v) is 7.98. The minimum atomic E-state index is -0.626. The Morgan fingerprint density at radius 3 is 2.60 bits per heavy atom. The molecule has 4 heteroatoms. The molecular weight excluding hydrogens is 267 g/mol. The zero-order chi connectivity index (χ0) is 15.3. The molecule has 3 nitrogen and oxygen atoms in total. The van der Waals surface area contributed by atoms with Crippen LogP contribution in [0.4, 0.5) is 0 Å². The molecule has 1 aliphatic heterocycles. The molecule has 1 saturated heterocycles. The van der Waals surface area contributed by atoms with Crippen LogP contribution >= 0.6 is 8.30 Å². The summed E-state index contributed by atoms with van der Waals surface area (Å²) in [6, 6.07) is 3.20. The summed E-state index contributed by atoms with van der Waals surface area (Å²) >= 11 is 0. The van der Waals surface area contributed by atoms with Gasteiger partial charge in [0.1, 0.15) is 8.30 Å². The first-order chi connectivity index (χ1) is 9.38. The zero-order valence-corrected chi connectivity index (χ0v) is 14.7. The summed E-state index contributed by atoms with van der Waals surface area (Å²) in [5.74, 6) is 0.628. The smallest absolute Gasteiger partial charge is 0.109 e. The number of hydrogen-bond donors (Lipinski definition) is 0. The topological polar surface area (TPSA) is 36.3 Å². The Balaban J connectivity index is 2.97. The summed E-state index contributed by atoms with van der Waals surface area (Å²) in [6.45, 7) is 14.1. The summed E-state index contributed by atoms with van der Waals surface area (Å²) < 4.78 is 8.65. The minimum absolute atomic E-state index is 0.485. The lowest BCUT2D eigenvalue weighted by molar-refractivity contribution is 0.238. The lowest BCUT2D eigenvalue weighted by Gasteiger charge is -2.36. The van der Waals surface area contributed by atoms with Crippen LogP contribution in [0.25, 0.3) is 0 Å². The Kier molecular flexibility index (Phi) is 7.17. The molecule has 3 unspecified atom stereocenters. The second kappa shape index (κ2) is 8.13. The van der Waals surface area contributed by atoms with Gasteiger partial charge in [0.25, 0.3) is 0 Å². The molecule has 0 aromatic carbocycles. The Labute approximate surface area is 125 Å². The number of hydrogen-bond acceptors (Lipinski definition) is 3. The van der Waals surface area contributed by atoms with Gasteiger partial charge in [-0.15, -0.1) is 0 Å². The van der Waals surface area contributed by atoms with Crippen LogP contribution in [0.5, 0.6) is 0 Å². The monoisotopic (exact) mass is 296 g/mol. The van der Waals surface area contributed by atoms with Gasteiger partial charge in [0.2, 0.25) is 0 Å². The van der Waals surface area contributed by atoms with E-state index in [-0.39, 0.29) is 0 Å². The van der Waals surface area contributed by atoms with E-state index in [2.05, 4.69) is 52.3 Å². The Morgan fingerprint density at radius 2 is 2.10 bits per heavy atom. The molecule has 1 rings (SSSR count). The molecule has 0 saturated carbocycles. The molecule has 0 spiro atoms. The van der Waals surface area contributed by atoms with Crippen molar-refractivity contribution in [2.75, 3.05) is 12.8 Å². The fraction of sp³-hybridized carbons (Fsp3) is 0.812. The molecule has 1 fully saturated rings. The van der Waals surface area contributed by atoms with E-state index in [0.29, 0.717) is 31.0 Å². The van der Waals surface area contributed by atoms with Crippen LogP contribution in [-0.2, 0) is 4.52 Å². The maximum Gasteiger partial charge on any atom is 0.109 e. The number of allylic oxidation sites excluding steroid dienone is 2. The van der Waals surface area contributed by atoms with Gasteiger partial charge in [-0.2, -0.15) is 5.26 Å². The van der Waals surface area contributed by atoms with Crippen molar-refractivity contribution in [3.63, 3.8) is 0 Å². The summed E-state index contributed by atoms with van der Waals surface area (Å²) in [4.78, 5) is 0. The van der Waals surface area contributed by atoms with E-state index in [0.717, 1.165) is 6.16 Å². The standard InChI is InChI=1S/C16H29N2OP/c1-12(2)16-11-20(19-9-7-8-17)18(13(3)4)15(6)10-14(16)5/h13-15H,7,9-11H2,1-6H3. The molecule has 20 heavy (non-hydrogen) atoms. The van der Waals surface area contributed by atoms with Crippen LogP contribution in [0.15, 0.2) is 11.1 Å². The van der Waals surface area contributed by atoms with Gasteiger partial charge in [0, 0.05) is 18.2 Å². The molecule has 0 aliphatic carbocycles. The fourth-order valence-electron chi connectivity index (χ4n) is 3.09. The summed E-state index contributed by atoms with van der Waals surface area (Å²) in [5, 5.41) is 8.71. The molecule has 1 aliphatic rings. The van der Waals surface area contributed by atoms with Gasteiger partial charge < -0.3 is 4.52 Å². The van der Waals surface area contributed by atoms with Crippen molar-refractivity contribution < 1.29 is 4.52 Å². The summed E-state index contributed by atoms with van der Waals surface area (Å²) in [6.07, 6.45) is 2.71. The third-order valence-electron chi connectivity index (χ3n) is 3.93. The molecule has 1 heterocycles. The first-order valence-electron chi connectivity index (χ1n) is 7.60. The van der Waals surface area contributed by atoms with E-state index in [4.69, 9.17) is 9.79 Å². The molecular formula is C16H29N2OP. The highest BCUT2D eigenvalue weighted by Gasteiger charge is 2.34. The molecule has 0 aromatic heterocycles. The van der Waals surface area contributed by atoms with Crippen LogP contribution in [0.1, 0.15) is 54.4 Å². The van der Waals surface area contributed by atoms with E-state index in [1.807, 2.05) is 0 Å². The third-order valence-corrected chi connectivity index (χ3v) is 6.39. The van der Waals surface area contributed by atoms with Crippen LogP contribution in [0, 0.1) is 17.2 Å². The zero-order valence-electron chi connectivity index (χ0n) is 13.8. The van der Waals surface area contributed by atoms with E-state index in [1.54, 1.807) is 5.57 Å². The fourth-order valence-corrected chi connectivity index (χ4v) is 5.75. The molecule has 0 aromatic rings. The van der Waals surface area contributed by atoms with E-state index in [1.165, 1.54) is 12.0 Å². The quantitative estimate of drug-likeness (QED) is 0.428. The Morgan fingerprint density at radius 1 is 1.45 bits per heavy atom. The number of nitrogens with zero attached hydrogens (tertiary/aromatic N) is 2. The van der Waals surface area contributed by atoms with Crippen LogP contribution in [0.2, 0.25) is 0 Å². The van der Waals surface area contributed by atoms with Crippen molar-refractivity contribution in [3.8, 4) is 6.07 Å². The average molecular weight is 296 g/mol. The van der Waals surface area contributed by atoms with Crippen molar-refractivity contribution in [1.82, 2.24) is 4.67 Å². The molecule has 0 N–H and O–H groups in total. The van der Waals surface area contributed by atoms with E-state index < -0.39 is 8.30 Å². The first kappa shape index (κ1) is 17.6. The minimum Gasteiger partial charge on any atom is -0.342 e. The normalized spacial score (nSPS) is 28.3. The highest BCUT2D eigenvalue weighted by atomic mass is 31.2. The highest BCUT2D eigenvalue weighted by Crippen LogP contribution is 2.51.